The van der Waals surface area contributed by atoms with Gasteiger partial charge in [0.2, 0.25) is 0 Å². The molecule has 128 valence electrons. The molecule has 0 atom stereocenters. The van der Waals surface area contributed by atoms with Gasteiger partial charge in [-0.1, -0.05) is 30.3 Å². The number of carbonyl (C=O) groups excluding carboxylic acids is 1. The van der Waals surface area contributed by atoms with Crippen LogP contribution in [0.4, 0.5) is 11.5 Å². The van der Waals surface area contributed by atoms with Crippen LogP contribution in [0.1, 0.15) is 21.5 Å². The van der Waals surface area contributed by atoms with Crippen LogP contribution < -0.4 is 10.2 Å². The largest absolute Gasteiger partial charge is 0.378 e. The minimum Gasteiger partial charge on any atom is -0.378 e. The number of nitrogens with zero attached hydrogens (tertiary/aromatic N) is 3. The third-order valence-corrected chi connectivity index (χ3v) is 4.13. The Bertz CT molecular complexity index is 865. The van der Waals surface area contributed by atoms with Crippen molar-refractivity contribution in [2.24, 2.45) is 0 Å². The molecule has 0 unspecified atom stereocenters. The van der Waals surface area contributed by atoms with Crippen molar-refractivity contribution in [1.29, 1.82) is 0 Å². The van der Waals surface area contributed by atoms with Crippen molar-refractivity contribution in [3.05, 3.63) is 77.5 Å². The minimum absolute atomic E-state index is 0.122. The molecule has 0 radical (unpaired) electrons. The molecule has 0 saturated heterocycles. The molecule has 5 nitrogen and oxygen atoms in total. The van der Waals surface area contributed by atoms with Gasteiger partial charge in [0.15, 0.2) is 0 Å². The maximum absolute atomic E-state index is 12.5. The summed E-state index contributed by atoms with van der Waals surface area (Å²) in [5, 5.41) is 7.28. The maximum atomic E-state index is 12.5. The fourth-order valence-corrected chi connectivity index (χ4v) is 2.65. The average Bonchev–Trinajstić information content (AvgIpc) is 3.02. The number of benzene rings is 2. The standard InChI is InChI=1S/C20H22N4O/c1-15-6-4-5-7-18(15)20(25)22-19-12-13-21-24(19)14-16-8-10-17(11-9-16)23(2)3/h4-13H,14H2,1-3H3,(H,22,25). The van der Waals surface area contributed by atoms with Crippen molar-refractivity contribution in [3.8, 4) is 0 Å². The van der Waals surface area contributed by atoms with Crippen LogP contribution in [-0.2, 0) is 6.54 Å². The number of aryl methyl sites for hydroxylation is 1. The highest BCUT2D eigenvalue weighted by Gasteiger charge is 2.11. The van der Waals surface area contributed by atoms with Crippen LogP contribution in [-0.4, -0.2) is 29.8 Å². The molecule has 0 spiro atoms. The molecule has 5 heteroatoms. The lowest BCUT2D eigenvalue weighted by Gasteiger charge is -2.13. The number of aromatic nitrogens is 2. The van der Waals surface area contributed by atoms with Crippen LogP contribution in [0.25, 0.3) is 0 Å². The highest BCUT2D eigenvalue weighted by atomic mass is 16.1. The van der Waals surface area contributed by atoms with Crippen LogP contribution in [0.5, 0.6) is 0 Å². The van der Waals surface area contributed by atoms with Gasteiger partial charge < -0.3 is 10.2 Å². The van der Waals surface area contributed by atoms with E-state index in [0.29, 0.717) is 17.9 Å². The lowest BCUT2D eigenvalue weighted by atomic mass is 10.1. The SMILES string of the molecule is Cc1ccccc1C(=O)Nc1ccnn1Cc1ccc(N(C)C)cc1. The molecule has 1 amide bonds. The summed E-state index contributed by atoms with van der Waals surface area (Å²) in [6, 6.07) is 17.6. The number of carbonyl (C=O) groups is 1. The summed E-state index contributed by atoms with van der Waals surface area (Å²) in [4.78, 5) is 14.6. The first-order valence-corrected chi connectivity index (χ1v) is 8.19. The zero-order chi connectivity index (χ0) is 17.8. The Labute approximate surface area is 147 Å². The minimum atomic E-state index is -0.122. The molecule has 3 rings (SSSR count). The van der Waals surface area contributed by atoms with Crippen molar-refractivity contribution >= 4 is 17.4 Å². The summed E-state index contributed by atoms with van der Waals surface area (Å²) < 4.78 is 1.79. The van der Waals surface area contributed by atoms with Gasteiger partial charge >= 0.3 is 0 Å². The normalized spacial score (nSPS) is 10.5. The number of hydrogen-bond donors (Lipinski definition) is 1. The molecule has 2 aromatic carbocycles. The smallest absolute Gasteiger partial charge is 0.257 e. The molecule has 3 aromatic rings. The molecule has 0 saturated carbocycles. The Hall–Kier alpha value is -3.08. The van der Waals surface area contributed by atoms with E-state index in [0.717, 1.165) is 16.8 Å². The van der Waals surface area contributed by atoms with Gasteiger partial charge in [0, 0.05) is 31.4 Å². The fourth-order valence-electron chi connectivity index (χ4n) is 2.65. The van der Waals surface area contributed by atoms with E-state index in [9.17, 15) is 4.79 Å². The van der Waals surface area contributed by atoms with Gasteiger partial charge in [0.05, 0.1) is 12.7 Å². The predicted molar refractivity (Wildman–Crippen MR) is 101 cm³/mol. The zero-order valence-corrected chi connectivity index (χ0v) is 14.7. The van der Waals surface area contributed by atoms with Crippen LogP contribution in [0, 0.1) is 6.92 Å². The summed E-state index contributed by atoms with van der Waals surface area (Å²) in [7, 11) is 4.03. The molecule has 0 bridgehead atoms. The predicted octanol–water partition coefficient (Wildman–Crippen LogP) is 3.56. The van der Waals surface area contributed by atoms with E-state index >= 15 is 0 Å². The zero-order valence-electron chi connectivity index (χ0n) is 14.7. The second kappa shape index (κ2) is 7.21. The molecule has 1 heterocycles. The van der Waals surface area contributed by atoms with E-state index in [-0.39, 0.29) is 5.91 Å². The molecule has 0 aliphatic heterocycles. The van der Waals surface area contributed by atoms with Crippen LogP contribution in [0.2, 0.25) is 0 Å². The topological polar surface area (TPSA) is 50.2 Å². The second-order valence-electron chi connectivity index (χ2n) is 6.20. The van der Waals surface area contributed by atoms with Crippen LogP contribution in [0.15, 0.2) is 60.8 Å². The summed E-state index contributed by atoms with van der Waals surface area (Å²) in [5.74, 6) is 0.563. The molecule has 1 N–H and O–H groups in total. The summed E-state index contributed by atoms with van der Waals surface area (Å²) in [6.45, 7) is 2.53. The van der Waals surface area contributed by atoms with Gasteiger partial charge in [0.1, 0.15) is 5.82 Å². The lowest BCUT2D eigenvalue weighted by molar-refractivity contribution is 0.102. The number of hydrogen-bond acceptors (Lipinski definition) is 3. The monoisotopic (exact) mass is 334 g/mol. The Morgan fingerprint density at radius 3 is 2.48 bits per heavy atom. The van der Waals surface area contributed by atoms with Gasteiger partial charge in [0.25, 0.3) is 5.91 Å². The fraction of sp³-hybridized carbons (Fsp3) is 0.200. The van der Waals surface area contributed by atoms with Gasteiger partial charge in [-0.15, -0.1) is 0 Å². The first-order valence-electron chi connectivity index (χ1n) is 8.19. The molecule has 25 heavy (non-hydrogen) atoms. The molecule has 0 aliphatic carbocycles. The van der Waals surface area contributed by atoms with Crippen molar-refractivity contribution in [1.82, 2.24) is 9.78 Å². The Morgan fingerprint density at radius 1 is 1.08 bits per heavy atom. The second-order valence-corrected chi connectivity index (χ2v) is 6.20. The van der Waals surface area contributed by atoms with E-state index in [1.54, 1.807) is 10.9 Å². The number of rotatable bonds is 5. The van der Waals surface area contributed by atoms with Gasteiger partial charge in [-0.3, -0.25) is 4.79 Å². The van der Waals surface area contributed by atoms with Gasteiger partial charge in [-0.25, -0.2) is 4.68 Å². The van der Waals surface area contributed by atoms with Crippen molar-refractivity contribution in [2.45, 2.75) is 13.5 Å². The third-order valence-electron chi connectivity index (χ3n) is 4.13. The molecular formula is C20H22N4O. The molecule has 0 fully saturated rings. The highest BCUT2D eigenvalue weighted by molar-refractivity contribution is 6.04. The Balaban J connectivity index is 1.74. The highest BCUT2D eigenvalue weighted by Crippen LogP contribution is 2.16. The van der Waals surface area contributed by atoms with Crippen molar-refractivity contribution in [2.75, 3.05) is 24.3 Å². The van der Waals surface area contributed by atoms with Crippen molar-refractivity contribution < 1.29 is 4.79 Å². The first kappa shape index (κ1) is 16.8. The molecule has 0 aliphatic rings. The Kier molecular flexibility index (Phi) is 4.84. The lowest BCUT2D eigenvalue weighted by Crippen LogP contribution is -2.17. The number of nitrogens with one attached hydrogen (secondary N) is 1. The van der Waals surface area contributed by atoms with E-state index in [1.165, 1.54) is 0 Å². The summed E-state index contributed by atoms with van der Waals surface area (Å²) in [6.07, 6.45) is 1.70. The maximum Gasteiger partial charge on any atom is 0.257 e. The van der Waals surface area contributed by atoms with E-state index in [1.807, 2.05) is 51.4 Å². The van der Waals surface area contributed by atoms with E-state index < -0.39 is 0 Å². The van der Waals surface area contributed by atoms with Crippen molar-refractivity contribution in [3.63, 3.8) is 0 Å². The number of anilines is 2. The van der Waals surface area contributed by atoms with E-state index in [4.69, 9.17) is 0 Å². The number of amides is 1. The molecular weight excluding hydrogens is 312 g/mol. The third kappa shape index (κ3) is 3.88. The molecule has 1 aromatic heterocycles. The van der Waals surface area contributed by atoms with Gasteiger partial charge in [-0.2, -0.15) is 5.10 Å². The average molecular weight is 334 g/mol. The Morgan fingerprint density at radius 2 is 1.80 bits per heavy atom. The first-order chi connectivity index (χ1) is 12.0. The van der Waals surface area contributed by atoms with Crippen LogP contribution in [0.3, 0.4) is 0 Å². The summed E-state index contributed by atoms with van der Waals surface area (Å²) >= 11 is 0. The van der Waals surface area contributed by atoms with Gasteiger partial charge in [-0.05, 0) is 36.2 Å². The quantitative estimate of drug-likeness (QED) is 0.776. The van der Waals surface area contributed by atoms with E-state index in [2.05, 4.69) is 39.6 Å². The van der Waals surface area contributed by atoms with Crippen LogP contribution >= 0.6 is 0 Å². The summed E-state index contributed by atoms with van der Waals surface area (Å²) in [5.41, 5.74) is 3.90.